The monoisotopic (exact) mass is 317 g/mol. The second-order valence-corrected chi connectivity index (χ2v) is 6.32. The van der Waals surface area contributed by atoms with Gasteiger partial charge in [0.25, 0.3) is 0 Å². The second-order valence-electron chi connectivity index (χ2n) is 6.32. The number of imide groups is 1. The Labute approximate surface area is 138 Å². The first-order valence-electron chi connectivity index (χ1n) is 8.41. The van der Waals surface area contributed by atoms with Crippen molar-refractivity contribution in [3.8, 4) is 0 Å². The van der Waals surface area contributed by atoms with Crippen LogP contribution in [0.25, 0.3) is 0 Å². The normalized spacial score (nSPS) is 15.0. The fourth-order valence-corrected chi connectivity index (χ4v) is 3.23. The first kappa shape index (κ1) is 17.5. The number of benzene rings is 1. The van der Waals surface area contributed by atoms with E-state index >= 15 is 0 Å². The molecule has 0 heterocycles. The van der Waals surface area contributed by atoms with Crippen LogP contribution in [-0.2, 0) is 4.79 Å². The Bertz CT molecular complexity index is 565. The summed E-state index contributed by atoms with van der Waals surface area (Å²) in [6.45, 7) is 7.10. The molecule has 5 heteroatoms. The van der Waals surface area contributed by atoms with Crippen LogP contribution in [0, 0.1) is 13.8 Å². The summed E-state index contributed by atoms with van der Waals surface area (Å²) < 4.78 is 0. The molecule has 0 aromatic heterocycles. The van der Waals surface area contributed by atoms with Crippen LogP contribution >= 0.6 is 0 Å². The third-order valence-corrected chi connectivity index (χ3v) is 4.48. The Morgan fingerprint density at radius 1 is 1.22 bits per heavy atom. The van der Waals surface area contributed by atoms with Crippen molar-refractivity contribution < 1.29 is 9.59 Å². The molecular weight excluding hydrogens is 290 g/mol. The molecule has 2 rings (SSSR count). The number of likely N-dealkylation sites (N-methyl/N-ethyl adjacent to an activating group) is 1. The Hall–Kier alpha value is -1.88. The third-order valence-electron chi connectivity index (χ3n) is 4.48. The van der Waals surface area contributed by atoms with Gasteiger partial charge in [0.1, 0.15) is 0 Å². The SMILES string of the molecule is CCN(CC(=O)NC(=O)Nc1ccc(C)cc1C)C1CCCC1. The van der Waals surface area contributed by atoms with Crippen molar-refractivity contribution in [3.05, 3.63) is 29.3 Å². The number of amides is 3. The predicted molar refractivity (Wildman–Crippen MR) is 92.6 cm³/mol. The highest BCUT2D eigenvalue weighted by molar-refractivity contribution is 6.02. The van der Waals surface area contributed by atoms with Crippen LogP contribution < -0.4 is 10.6 Å². The van der Waals surface area contributed by atoms with E-state index in [1.54, 1.807) is 0 Å². The smallest absolute Gasteiger partial charge is 0.307 e. The maximum atomic E-state index is 12.1. The fourth-order valence-electron chi connectivity index (χ4n) is 3.23. The van der Waals surface area contributed by atoms with Crippen molar-refractivity contribution in [2.24, 2.45) is 0 Å². The molecule has 5 nitrogen and oxygen atoms in total. The zero-order chi connectivity index (χ0) is 16.8. The molecule has 23 heavy (non-hydrogen) atoms. The molecule has 0 atom stereocenters. The maximum absolute atomic E-state index is 12.1. The summed E-state index contributed by atoms with van der Waals surface area (Å²) in [5.74, 6) is -0.249. The molecular formula is C18H27N3O2. The molecule has 1 aliphatic rings. The molecule has 1 fully saturated rings. The van der Waals surface area contributed by atoms with Gasteiger partial charge in [0.05, 0.1) is 6.54 Å². The van der Waals surface area contributed by atoms with Gasteiger partial charge in [-0.3, -0.25) is 15.0 Å². The molecule has 1 aliphatic carbocycles. The topological polar surface area (TPSA) is 61.4 Å². The minimum Gasteiger partial charge on any atom is -0.307 e. The third kappa shape index (κ3) is 5.06. The Morgan fingerprint density at radius 2 is 1.91 bits per heavy atom. The fraction of sp³-hybridized carbons (Fsp3) is 0.556. The van der Waals surface area contributed by atoms with Gasteiger partial charge in [-0.25, -0.2) is 4.79 Å². The Kier molecular flexibility index (Phi) is 6.16. The van der Waals surface area contributed by atoms with Crippen LogP contribution in [0.4, 0.5) is 10.5 Å². The van der Waals surface area contributed by atoms with Gasteiger partial charge in [0.15, 0.2) is 0 Å². The zero-order valence-electron chi connectivity index (χ0n) is 14.3. The molecule has 1 aromatic rings. The first-order valence-corrected chi connectivity index (χ1v) is 8.41. The molecule has 0 aliphatic heterocycles. The molecule has 0 unspecified atom stereocenters. The quantitative estimate of drug-likeness (QED) is 0.876. The molecule has 2 N–H and O–H groups in total. The van der Waals surface area contributed by atoms with Crippen LogP contribution in [0.3, 0.4) is 0 Å². The average Bonchev–Trinajstić information content (AvgIpc) is 3.01. The van der Waals surface area contributed by atoms with E-state index in [9.17, 15) is 9.59 Å². The van der Waals surface area contributed by atoms with Crippen LogP contribution in [0.5, 0.6) is 0 Å². The second kappa shape index (κ2) is 8.11. The highest BCUT2D eigenvalue weighted by atomic mass is 16.2. The maximum Gasteiger partial charge on any atom is 0.325 e. The number of carbonyl (C=O) groups is 2. The number of hydrogen-bond acceptors (Lipinski definition) is 3. The van der Waals surface area contributed by atoms with E-state index in [2.05, 4.69) is 22.5 Å². The van der Waals surface area contributed by atoms with Gasteiger partial charge < -0.3 is 5.32 Å². The van der Waals surface area contributed by atoms with Crippen LogP contribution in [0.15, 0.2) is 18.2 Å². The summed E-state index contributed by atoms with van der Waals surface area (Å²) in [4.78, 5) is 26.2. The van der Waals surface area contributed by atoms with Gasteiger partial charge in [-0.05, 0) is 44.9 Å². The van der Waals surface area contributed by atoms with Crippen molar-refractivity contribution in [2.45, 2.75) is 52.5 Å². The van der Waals surface area contributed by atoms with Crippen molar-refractivity contribution in [3.63, 3.8) is 0 Å². The zero-order valence-corrected chi connectivity index (χ0v) is 14.3. The van der Waals surface area contributed by atoms with Crippen molar-refractivity contribution >= 4 is 17.6 Å². The highest BCUT2D eigenvalue weighted by Crippen LogP contribution is 2.23. The van der Waals surface area contributed by atoms with Crippen LogP contribution in [0.1, 0.15) is 43.7 Å². The van der Waals surface area contributed by atoms with Crippen molar-refractivity contribution in [1.82, 2.24) is 10.2 Å². The van der Waals surface area contributed by atoms with Gasteiger partial charge in [-0.2, -0.15) is 0 Å². The number of rotatable bonds is 5. The van der Waals surface area contributed by atoms with Gasteiger partial charge >= 0.3 is 6.03 Å². The van der Waals surface area contributed by atoms with Crippen molar-refractivity contribution in [2.75, 3.05) is 18.4 Å². The first-order chi connectivity index (χ1) is 11.0. The highest BCUT2D eigenvalue weighted by Gasteiger charge is 2.23. The molecule has 0 bridgehead atoms. The summed E-state index contributed by atoms with van der Waals surface area (Å²) in [5.41, 5.74) is 2.84. The lowest BCUT2D eigenvalue weighted by Gasteiger charge is -2.26. The van der Waals surface area contributed by atoms with E-state index < -0.39 is 6.03 Å². The molecule has 0 spiro atoms. The van der Waals surface area contributed by atoms with Crippen LogP contribution in [-0.4, -0.2) is 36.0 Å². The lowest BCUT2D eigenvalue weighted by molar-refractivity contribution is -0.121. The molecule has 0 radical (unpaired) electrons. The summed E-state index contributed by atoms with van der Waals surface area (Å²) >= 11 is 0. The minimum absolute atomic E-state index is 0.249. The number of aryl methyl sites for hydroxylation is 2. The average molecular weight is 317 g/mol. The molecule has 3 amide bonds. The molecule has 0 saturated heterocycles. The summed E-state index contributed by atoms with van der Waals surface area (Å²) in [6, 6.07) is 5.79. The number of nitrogens with one attached hydrogen (secondary N) is 2. The number of nitrogens with zero attached hydrogens (tertiary/aromatic N) is 1. The number of urea groups is 1. The van der Waals surface area contributed by atoms with E-state index in [4.69, 9.17) is 0 Å². The molecule has 1 saturated carbocycles. The largest absolute Gasteiger partial charge is 0.325 e. The van der Waals surface area contributed by atoms with E-state index in [1.165, 1.54) is 12.8 Å². The number of anilines is 1. The Morgan fingerprint density at radius 3 is 2.52 bits per heavy atom. The molecule has 126 valence electrons. The summed E-state index contributed by atoms with van der Waals surface area (Å²) in [6.07, 6.45) is 4.76. The van der Waals surface area contributed by atoms with E-state index in [-0.39, 0.29) is 12.5 Å². The number of hydrogen-bond donors (Lipinski definition) is 2. The van der Waals surface area contributed by atoms with E-state index in [1.807, 2.05) is 32.0 Å². The summed E-state index contributed by atoms with van der Waals surface area (Å²) in [5, 5.41) is 5.17. The molecule has 1 aromatic carbocycles. The van der Waals surface area contributed by atoms with Gasteiger partial charge in [0.2, 0.25) is 5.91 Å². The predicted octanol–water partition coefficient (Wildman–Crippen LogP) is 3.22. The van der Waals surface area contributed by atoms with Crippen molar-refractivity contribution in [1.29, 1.82) is 0 Å². The summed E-state index contributed by atoms with van der Waals surface area (Å²) in [7, 11) is 0. The van der Waals surface area contributed by atoms with Gasteiger partial charge in [-0.1, -0.05) is 37.5 Å². The van der Waals surface area contributed by atoms with Gasteiger partial charge in [-0.15, -0.1) is 0 Å². The minimum atomic E-state index is -0.468. The standard InChI is InChI=1S/C18H27N3O2/c1-4-21(15-7-5-6-8-15)12-17(22)20-18(23)19-16-10-9-13(2)11-14(16)3/h9-11,15H,4-8,12H2,1-3H3,(H2,19,20,22,23). The van der Waals surface area contributed by atoms with E-state index in [0.29, 0.717) is 6.04 Å². The van der Waals surface area contributed by atoms with Crippen LogP contribution in [0.2, 0.25) is 0 Å². The lowest BCUT2D eigenvalue weighted by atomic mass is 10.1. The van der Waals surface area contributed by atoms with Gasteiger partial charge in [0, 0.05) is 11.7 Å². The number of carbonyl (C=O) groups excluding carboxylic acids is 2. The Balaban J connectivity index is 1.85. The lowest BCUT2D eigenvalue weighted by Crippen LogP contribution is -2.44. The van der Waals surface area contributed by atoms with E-state index in [0.717, 1.165) is 36.2 Å².